The highest BCUT2D eigenvalue weighted by Gasteiger charge is 2.32. The van der Waals surface area contributed by atoms with Crippen molar-refractivity contribution in [2.45, 2.75) is 18.1 Å². The van der Waals surface area contributed by atoms with Crippen LogP contribution in [-0.2, 0) is 28.6 Å². The number of anilines is 2. The van der Waals surface area contributed by atoms with E-state index in [1.54, 1.807) is 17.3 Å². The number of nitrogen functional groups attached to an aromatic ring is 1. The lowest BCUT2D eigenvalue weighted by Crippen LogP contribution is -2.26. The molecule has 1 unspecified atom stereocenters. The number of hydrogen-bond acceptors (Lipinski definition) is 6. The fourth-order valence-electron chi connectivity index (χ4n) is 2.19. The van der Waals surface area contributed by atoms with Gasteiger partial charge in [-0.15, -0.1) is 0 Å². The molecule has 0 saturated carbocycles. The predicted molar refractivity (Wildman–Crippen MR) is 77.9 cm³/mol. The summed E-state index contributed by atoms with van der Waals surface area (Å²) in [5.41, 5.74) is 7.39. The Morgan fingerprint density at radius 2 is 2.05 bits per heavy atom. The molecule has 0 saturated heterocycles. The van der Waals surface area contributed by atoms with Crippen LogP contribution in [0, 0.1) is 0 Å². The Kier molecular flexibility index (Phi) is 3.38. The van der Waals surface area contributed by atoms with E-state index in [0.717, 1.165) is 5.56 Å². The van der Waals surface area contributed by atoms with Crippen molar-refractivity contribution in [3.8, 4) is 0 Å². The van der Waals surface area contributed by atoms with E-state index in [2.05, 4.69) is 15.0 Å². The molecule has 108 valence electrons. The fourth-order valence-corrected chi connectivity index (χ4v) is 2.63. The molecule has 1 amide bonds. The lowest BCUT2D eigenvalue weighted by atomic mass is 10.2. The molecule has 1 aliphatic rings. The standard InChI is InChI=1S/C13H13N5O2S/c1-21(20)13-16-11(14)9-6-10(19)18(12(9)17-13)7-8-2-4-15-5-3-8/h2-5H,6-7H2,1H3,(H2,14,16,17). The molecule has 0 fully saturated rings. The maximum absolute atomic E-state index is 12.2. The van der Waals surface area contributed by atoms with Crippen LogP contribution in [0.4, 0.5) is 11.6 Å². The van der Waals surface area contributed by atoms with Crippen molar-refractivity contribution in [2.75, 3.05) is 16.9 Å². The number of nitrogens with two attached hydrogens (primary N) is 1. The minimum absolute atomic E-state index is 0.0955. The Hall–Kier alpha value is -2.35. The van der Waals surface area contributed by atoms with E-state index in [1.807, 2.05) is 12.1 Å². The first kappa shape index (κ1) is 13.6. The van der Waals surface area contributed by atoms with Crippen molar-refractivity contribution in [2.24, 2.45) is 0 Å². The SMILES string of the molecule is CS(=O)c1nc(N)c2c(n1)N(Cc1ccncc1)C(=O)C2. The Bertz CT molecular complexity index is 735. The lowest BCUT2D eigenvalue weighted by Gasteiger charge is -2.16. The second-order valence-electron chi connectivity index (χ2n) is 4.66. The average molecular weight is 303 g/mol. The highest BCUT2D eigenvalue weighted by molar-refractivity contribution is 7.84. The number of rotatable bonds is 3. The van der Waals surface area contributed by atoms with Crippen LogP contribution in [0.5, 0.6) is 0 Å². The number of nitrogens with zero attached hydrogens (tertiary/aromatic N) is 4. The summed E-state index contributed by atoms with van der Waals surface area (Å²) >= 11 is 0. The second-order valence-corrected chi connectivity index (χ2v) is 5.93. The number of hydrogen-bond donors (Lipinski definition) is 1. The zero-order valence-electron chi connectivity index (χ0n) is 11.3. The predicted octanol–water partition coefficient (Wildman–Crippen LogP) is 0.280. The topological polar surface area (TPSA) is 102 Å². The molecule has 0 spiro atoms. The van der Waals surface area contributed by atoms with Gasteiger partial charge in [0, 0.05) is 24.2 Å². The molecule has 7 nitrogen and oxygen atoms in total. The van der Waals surface area contributed by atoms with E-state index in [0.29, 0.717) is 17.9 Å². The first-order chi connectivity index (χ1) is 10.1. The summed E-state index contributed by atoms with van der Waals surface area (Å²) in [6, 6.07) is 3.66. The Morgan fingerprint density at radius 3 is 2.71 bits per heavy atom. The molecule has 21 heavy (non-hydrogen) atoms. The third-order valence-electron chi connectivity index (χ3n) is 3.23. The monoisotopic (exact) mass is 303 g/mol. The summed E-state index contributed by atoms with van der Waals surface area (Å²) in [5, 5.41) is 0.140. The normalized spacial score (nSPS) is 15.1. The highest BCUT2D eigenvalue weighted by atomic mass is 32.2. The number of amides is 1. The number of pyridine rings is 1. The van der Waals surface area contributed by atoms with E-state index in [4.69, 9.17) is 5.73 Å². The maximum Gasteiger partial charge on any atom is 0.233 e. The summed E-state index contributed by atoms with van der Waals surface area (Å²) in [4.78, 5) is 25.9. The van der Waals surface area contributed by atoms with E-state index in [9.17, 15) is 9.00 Å². The first-order valence-electron chi connectivity index (χ1n) is 6.25. The summed E-state index contributed by atoms with van der Waals surface area (Å²) in [6.45, 7) is 0.376. The van der Waals surface area contributed by atoms with Gasteiger partial charge < -0.3 is 5.73 Å². The molecule has 2 aromatic rings. The van der Waals surface area contributed by atoms with Gasteiger partial charge in [0.05, 0.1) is 23.8 Å². The smallest absolute Gasteiger partial charge is 0.233 e. The highest BCUT2D eigenvalue weighted by Crippen LogP contribution is 2.31. The summed E-state index contributed by atoms with van der Waals surface area (Å²) in [5.74, 6) is 0.576. The number of carbonyl (C=O) groups excluding carboxylic acids is 1. The molecular weight excluding hydrogens is 290 g/mol. The van der Waals surface area contributed by atoms with Gasteiger partial charge in [0.25, 0.3) is 0 Å². The Morgan fingerprint density at radius 1 is 1.33 bits per heavy atom. The zero-order valence-corrected chi connectivity index (χ0v) is 12.1. The molecule has 2 aromatic heterocycles. The van der Waals surface area contributed by atoms with Gasteiger partial charge in [-0.3, -0.25) is 18.9 Å². The summed E-state index contributed by atoms with van der Waals surface area (Å²) < 4.78 is 11.6. The quantitative estimate of drug-likeness (QED) is 0.817. The molecule has 0 aromatic carbocycles. The van der Waals surface area contributed by atoms with Gasteiger partial charge in [-0.25, -0.2) is 9.97 Å². The molecule has 3 rings (SSSR count). The van der Waals surface area contributed by atoms with Gasteiger partial charge in [0.2, 0.25) is 11.1 Å². The van der Waals surface area contributed by atoms with Crippen LogP contribution in [0.1, 0.15) is 11.1 Å². The van der Waals surface area contributed by atoms with Gasteiger partial charge >= 0.3 is 0 Å². The zero-order chi connectivity index (χ0) is 15.0. The third-order valence-corrected chi connectivity index (χ3v) is 3.93. The molecule has 2 N–H and O–H groups in total. The molecule has 0 radical (unpaired) electrons. The van der Waals surface area contributed by atoms with Gasteiger partial charge in [0.15, 0.2) is 0 Å². The molecule has 1 atom stereocenters. The van der Waals surface area contributed by atoms with Crippen molar-refractivity contribution in [1.82, 2.24) is 15.0 Å². The van der Waals surface area contributed by atoms with Crippen molar-refractivity contribution >= 4 is 28.3 Å². The first-order valence-corrected chi connectivity index (χ1v) is 7.81. The van der Waals surface area contributed by atoms with Gasteiger partial charge in [-0.1, -0.05) is 0 Å². The fraction of sp³-hybridized carbons (Fsp3) is 0.231. The van der Waals surface area contributed by atoms with Crippen molar-refractivity contribution in [3.05, 3.63) is 35.7 Å². The molecule has 3 heterocycles. The number of fused-ring (bicyclic) bond motifs is 1. The van der Waals surface area contributed by atoms with Crippen LogP contribution in [0.25, 0.3) is 0 Å². The van der Waals surface area contributed by atoms with Crippen LogP contribution in [0.15, 0.2) is 29.7 Å². The van der Waals surface area contributed by atoms with Gasteiger partial charge in [0.1, 0.15) is 11.6 Å². The molecule has 0 aliphatic carbocycles. The van der Waals surface area contributed by atoms with Gasteiger partial charge in [-0.05, 0) is 17.7 Å². The van der Waals surface area contributed by atoms with Crippen LogP contribution < -0.4 is 10.6 Å². The minimum atomic E-state index is -1.35. The Balaban J connectivity index is 2.02. The molecule has 1 aliphatic heterocycles. The third kappa shape index (κ3) is 2.49. The van der Waals surface area contributed by atoms with Crippen LogP contribution in [0.2, 0.25) is 0 Å². The van der Waals surface area contributed by atoms with Crippen molar-refractivity contribution in [3.63, 3.8) is 0 Å². The van der Waals surface area contributed by atoms with E-state index in [1.165, 1.54) is 6.26 Å². The lowest BCUT2D eigenvalue weighted by molar-refractivity contribution is -0.117. The second kappa shape index (κ2) is 5.21. The van der Waals surface area contributed by atoms with Crippen LogP contribution >= 0.6 is 0 Å². The summed E-state index contributed by atoms with van der Waals surface area (Å²) in [6.07, 6.45) is 4.98. The van der Waals surface area contributed by atoms with E-state index in [-0.39, 0.29) is 23.3 Å². The minimum Gasteiger partial charge on any atom is -0.383 e. The van der Waals surface area contributed by atoms with Crippen molar-refractivity contribution in [1.29, 1.82) is 0 Å². The molecule has 8 heteroatoms. The largest absolute Gasteiger partial charge is 0.383 e. The summed E-state index contributed by atoms with van der Waals surface area (Å²) in [7, 11) is -1.35. The average Bonchev–Trinajstić information content (AvgIpc) is 2.77. The maximum atomic E-state index is 12.2. The van der Waals surface area contributed by atoms with Crippen LogP contribution in [-0.4, -0.2) is 31.3 Å². The van der Waals surface area contributed by atoms with Gasteiger partial charge in [-0.2, -0.15) is 0 Å². The molecule has 0 bridgehead atoms. The Labute approximate surface area is 123 Å². The molecular formula is C13H13N5O2S. The van der Waals surface area contributed by atoms with E-state index < -0.39 is 10.8 Å². The number of aromatic nitrogens is 3. The van der Waals surface area contributed by atoms with Crippen LogP contribution in [0.3, 0.4) is 0 Å². The van der Waals surface area contributed by atoms with Crippen molar-refractivity contribution < 1.29 is 9.00 Å². The number of carbonyl (C=O) groups is 1. The van der Waals surface area contributed by atoms with E-state index >= 15 is 0 Å².